The van der Waals surface area contributed by atoms with Crippen LogP contribution >= 0.6 is 0 Å². The van der Waals surface area contributed by atoms with Crippen LogP contribution in [0.4, 0.5) is 0 Å². The predicted molar refractivity (Wildman–Crippen MR) is 53.7 cm³/mol. The van der Waals surface area contributed by atoms with E-state index in [4.69, 9.17) is 9.84 Å². The number of aromatic nitrogens is 2. The molecule has 1 aromatic rings. The Morgan fingerprint density at radius 1 is 1.60 bits per heavy atom. The van der Waals surface area contributed by atoms with Crippen LogP contribution in [0.1, 0.15) is 35.2 Å². The van der Waals surface area contributed by atoms with E-state index in [1.54, 1.807) is 7.11 Å². The van der Waals surface area contributed by atoms with Crippen molar-refractivity contribution < 1.29 is 14.6 Å². The third-order valence-corrected chi connectivity index (χ3v) is 1.91. The second kappa shape index (κ2) is 5.41. The monoisotopic (exact) mass is 210 g/mol. The molecule has 1 aromatic heterocycles. The lowest BCUT2D eigenvalue weighted by Crippen LogP contribution is -2.09. The summed E-state index contributed by atoms with van der Waals surface area (Å²) in [4.78, 5) is 18.9. The molecule has 82 valence electrons. The van der Waals surface area contributed by atoms with Crippen LogP contribution in [0.5, 0.6) is 0 Å². The Labute approximate surface area is 88.1 Å². The van der Waals surface area contributed by atoms with Crippen LogP contribution in [0.3, 0.4) is 0 Å². The number of nitrogens with zero attached hydrogens (tertiary/aromatic N) is 2. The average molecular weight is 210 g/mol. The number of rotatable bonds is 5. The first kappa shape index (κ1) is 11.6. The summed E-state index contributed by atoms with van der Waals surface area (Å²) in [6.07, 6.45) is 2.83. The SMILES string of the molecule is CCCc1nc(COC)ncc1C(=O)O. The van der Waals surface area contributed by atoms with Gasteiger partial charge in [0.25, 0.3) is 0 Å². The van der Waals surface area contributed by atoms with Crippen molar-refractivity contribution >= 4 is 5.97 Å². The first-order valence-electron chi connectivity index (χ1n) is 4.76. The van der Waals surface area contributed by atoms with Gasteiger partial charge in [0, 0.05) is 13.3 Å². The predicted octanol–water partition coefficient (Wildman–Crippen LogP) is 1.27. The van der Waals surface area contributed by atoms with Crippen molar-refractivity contribution in [3.63, 3.8) is 0 Å². The van der Waals surface area contributed by atoms with Crippen molar-refractivity contribution in [2.24, 2.45) is 0 Å². The lowest BCUT2D eigenvalue weighted by Gasteiger charge is -2.05. The van der Waals surface area contributed by atoms with Gasteiger partial charge < -0.3 is 9.84 Å². The van der Waals surface area contributed by atoms with Crippen LogP contribution in [0.2, 0.25) is 0 Å². The quantitative estimate of drug-likeness (QED) is 0.792. The summed E-state index contributed by atoms with van der Waals surface area (Å²) in [5, 5.41) is 8.90. The third-order valence-electron chi connectivity index (χ3n) is 1.91. The molecule has 0 saturated carbocycles. The molecule has 0 aromatic carbocycles. The van der Waals surface area contributed by atoms with Gasteiger partial charge in [-0.15, -0.1) is 0 Å². The maximum absolute atomic E-state index is 10.9. The molecule has 0 unspecified atom stereocenters. The topological polar surface area (TPSA) is 72.3 Å². The maximum atomic E-state index is 10.9. The van der Waals surface area contributed by atoms with E-state index in [0.29, 0.717) is 24.5 Å². The molecule has 1 N–H and O–H groups in total. The van der Waals surface area contributed by atoms with E-state index in [0.717, 1.165) is 6.42 Å². The Bertz CT molecular complexity index is 353. The first-order chi connectivity index (χ1) is 7.19. The van der Waals surface area contributed by atoms with E-state index in [2.05, 4.69) is 9.97 Å². The van der Waals surface area contributed by atoms with Crippen LogP contribution in [-0.4, -0.2) is 28.2 Å². The number of methoxy groups -OCH3 is 1. The molecule has 0 bridgehead atoms. The summed E-state index contributed by atoms with van der Waals surface area (Å²) in [5.41, 5.74) is 0.753. The number of hydrogen-bond donors (Lipinski definition) is 1. The molecule has 5 heteroatoms. The van der Waals surface area contributed by atoms with Gasteiger partial charge in [0.15, 0.2) is 5.82 Å². The lowest BCUT2D eigenvalue weighted by molar-refractivity contribution is 0.0694. The highest BCUT2D eigenvalue weighted by Crippen LogP contribution is 2.08. The van der Waals surface area contributed by atoms with Gasteiger partial charge in [0.1, 0.15) is 6.61 Å². The fourth-order valence-electron chi connectivity index (χ4n) is 1.26. The summed E-state index contributed by atoms with van der Waals surface area (Å²) in [6.45, 7) is 2.28. The van der Waals surface area contributed by atoms with Crippen LogP contribution in [-0.2, 0) is 17.8 Å². The Hall–Kier alpha value is -1.49. The van der Waals surface area contributed by atoms with Crippen molar-refractivity contribution in [1.29, 1.82) is 0 Å². The van der Waals surface area contributed by atoms with E-state index in [9.17, 15) is 4.79 Å². The highest BCUT2D eigenvalue weighted by molar-refractivity contribution is 5.88. The molecule has 15 heavy (non-hydrogen) atoms. The van der Waals surface area contributed by atoms with E-state index in [1.165, 1.54) is 6.20 Å². The Kier molecular flexibility index (Phi) is 4.17. The zero-order valence-corrected chi connectivity index (χ0v) is 8.86. The molecule has 0 spiro atoms. The molecule has 0 amide bonds. The fraction of sp³-hybridized carbons (Fsp3) is 0.500. The number of aromatic carboxylic acids is 1. The van der Waals surface area contributed by atoms with Crippen LogP contribution < -0.4 is 0 Å². The van der Waals surface area contributed by atoms with Crippen molar-refractivity contribution in [2.45, 2.75) is 26.4 Å². The molecule has 0 radical (unpaired) electrons. The van der Waals surface area contributed by atoms with E-state index in [1.807, 2.05) is 6.92 Å². The summed E-state index contributed by atoms with van der Waals surface area (Å²) >= 11 is 0. The number of carboxylic acids is 1. The standard InChI is InChI=1S/C10H14N2O3/c1-3-4-8-7(10(13)14)5-11-9(12-8)6-15-2/h5H,3-4,6H2,1-2H3,(H,13,14). The summed E-state index contributed by atoms with van der Waals surface area (Å²) < 4.78 is 4.89. The minimum Gasteiger partial charge on any atom is -0.478 e. The normalized spacial score (nSPS) is 10.3. The van der Waals surface area contributed by atoms with Crippen molar-refractivity contribution in [3.8, 4) is 0 Å². The Balaban J connectivity index is 3.03. The fourth-order valence-corrected chi connectivity index (χ4v) is 1.26. The van der Waals surface area contributed by atoms with Crippen LogP contribution in [0.25, 0.3) is 0 Å². The molecule has 0 fully saturated rings. The van der Waals surface area contributed by atoms with E-state index >= 15 is 0 Å². The van der Waals surface area contributed by atoms with Crippen LogP contribution in [0.15, 0.2) is 6.20 Å². The number of carbonyl (C=O) groups is 1. The third kappa shape index (κ3) is 2.99. The zero-order chi connectivity index (χ0) is 11.3. The highest BCUT2D eigenvalue weighted by Gasteiger charge is 2.12. The number of carboxylic acid groups (broad SMARTS) is 1. The van der Waals surface area contributed by atoms with Crippen molar-refractivity contribution in [3.05, 3.63) is 23.3 Å². The van der Waals surface area contributed by atoms with Gasteiger partial charge in [-0.2, -0.15) is 0 Å². The zero-order valence-electron chi connectivity index (χ0n) is 8.86. The number of aryl methyl sites for hydroxylation is 1. The summed E-state index contributed by atoms with van der Waals surface area (Å²) in [6, 6.07) is 0. The van der Waals surface area contributed by atoms with Gasteiger partial charge in [-0.3, -0.25) is 0 Å². The maximum Gasteiger partial charge on any atom is 0.339 e. The van der Waals surface area contributed by atoms with Gasteiger partial charge in [0.05, 0.1) is 11.3 Å². The second-order valence-electron chi connectivity index (χ2n) is 3.13. The summed E-state index contributed by atoms with van der Waals surface area (Å²) in [5.74, 6) is -0.464. The minimum absolute atomic E-state index is 0.178. The van der Waals surface area contributed by atoms with E-state index in [-0.39, 0.29) is 5.56 Å². The van der Waals surface area contributed by atoms with Crippen molar-refractivity contribution in [2.75, 3.05) is 7.11 Å². The highest BCUT2D eigenvalue weighted by atomic mass is 16.5. The largest absolute Gasteiger partial charge is 0.478 e. The molecular weight excluding hydrogens is 196 g/mol. The number of hydrogen-bond acceptors (Lipinski definition) is 4. The molecule has 5 nitrogen and oxygen atoms in total. The van der Waals surface area contributed by atoms with Gasteiger partial charge in [-0.1, -0.05) is 13.3 Å². The second-order valence-corrected chi connectivity index (χ2v) is 3.13. The molecular formula is C10H14N2O3. The smallest absolute Gasteiger partial charge is 0.339 e. The lowest BCUT2D eigenvalue weighted by atomic mass is 10.1. The molecule has 1 rings (SSSR count). The van der Waals surface area contributed by atoms with Gasteiger partial charge >= 0.3 is 5.97 Å². The van der Waals surface area contributed by atoms with Crippen molar-refractivity contribution in [1.82, 2.24) is 9.97 Å². The number of ether oxygens (including phenoxy) is 1. The minimum atomic E-state index is -0.984. The van der Waals surface area contributed by atoms with E-state index < -0.39 is 5.97 Å². The first-order valence-corrected chi connectivity index (χ1v) is 4.76. The molecule has 1 heterocycles. The molecule has 0 saturated heterocycles. The molecule has 0 aliphatic heterocycles. The van der Waals surface area contributed by atoms with Gasteiger partial charge in [-0.05, 0) is 6.42 Å². The Morgan fingerprint density at radius 2 is 2.33 bits per heavy atom. The molecule has 0 aliphatic rings. The Morgan fingerprint density at radius 3 is 2.87 bits per heavy atom. The molecule has 0 aliphatic carbocycles. The van der Waals surface area contributed by atoms with Gasteiger partial charge in [-0.25, -0.2) is 14.8 Å². The van der Waals surface area contributed by atoms with Crippen LogP contribution in [0, 0.1) is 0 Å². The van der Waals surface area contributed by atoms with Gasteiger partial charge in [0.2, 0.25) is 0 Å². The summed E-state index contributed by atoms with van der Waals surface area (Å²) in [7, 11) is 1.55. The average Bonchev–Trinajstić information content (AvgIpc) is 2.18. The molecule has 0 atom stereocenters.